The number of carbonyl (C=O) groups is 1. The van der Waals surface area contributed by atoms with Crippen molar-refractivity contribution < 1.29 is 9.53 Å². The van der Waals surface area contributed by atoms with Crippen LogP contribution in [-0.2, 0) is 16.0 Å². The standard InChI is InChI=1S/C16H24N2O2.ClH/c1-3-4-5-13-6-8-14(9-7-13)18(2)16(19)15-12-17-10-11-20-15;/h6-9,15,17H,3-5,10-12H2,1-2H3;1H. The van der Waals surface area contributed by atoms with Gasteiger partial charge in [0.25, 0.3) is 5.91 Å². The molecule has 0 aliphatic carbocycles. The van der Waals surface area contributed by atoms with Crippen LogP contribution in [0.2, 0.25) is 0 Å². The highest BCUT2D eigenvalue weighted by molar-refractivity contribution is 5.96. The van der Waals surface area contributed by atoms with Crippen LogP contribution in [0.3, 0.4) is 0 Å². The van der Waals surface area contributed by atoms with Crippen LogP contribution in [0, 0.1) is 0 Å². The molecule has 1 N–H and O–H groups in total. The van der Waals surface area contributed by atoms with Crippen molar-refractivity contribution in [1.29, 1.82) is 0 Å². The summed E-state index contributed by atoms with van der Waals surface area (Å²) in [6.45, 7) is 4.20. The van der Waals surface area contributed by atoms with Crippen LogP contribution in [0.15, 0.2) is 24.3 Å². The van der Waals surface area contributed by atoms with Gasteiger partial charge in [0.05, 0.1) is 6.61 Å². The van der Waals surface area contributed by atoms with E-state index in [-0.39, 0.29) is 24.4 Å². The monoisotopic (exact) mass is 312 g/mol. The van der Waals surface area contributed by atoms with Crippen molar-refractivity contribution in [2.24, 2.45) is 0 Å². The number of likely N-dealkylation sites (N-methyl/N-ethyl adjacent to an activating group) is 1. The van der Waals surface area contributed by atoms with Gasteiger partial charge in [0.1, 0.15) is 6.10 Å². The number of rotatable bonds is 5. The van der Waals surface area contributed by atoms with Gasteiger partial charge in [-0.25, -0.2) is 0 Å². The van der Waals surface area contributed by atoms with E-state index >= 15 is 0 Å². The van der Waals surface area contributed by atoms with E-state index in [4.69, 9.17) is 4.74 Å². The summed E-state index contributed by atoms with van der Waals surface area (Å²) in [6.07, 6.45) is 3.14. The summed E-state index contributed by atoms with van der Waals surface area (Å²) in [5.74, 6) is 0.0125. The zero-order valence-corrected chi connectivity index (χ0v) is 13.6. The molecule has 0 aromatic heterocycles. The Morgan fingerprint density at radius 3 is 2.67 bits per heavy atom. The zero-order valence-electron chi connectivity index (χ0n) is 12.8. The molecule has 1 aliphatic heterocycles. The second-order valence-corrected chi connectivity index (χ2v) is 5.23. The molecule has 5 heteroatoms. The fourth-order valence-electron chi connectivity index (χ4n) is 2.33. The van der Waals surface area contributed by atoms with E-state index in [0.29, 0.717) is 13.2 Å². The number of halogens is 1. The molecule has 118 valence electrons. The number of benzene rings is 1. The number of nitrogens with one attached hydrogen (secondary N) is 1. The van der Waals surface area contributed by atoms with Gasteiger partial charge >= 0.3 is 0 Å². The van der Waals surface area contributed by atoms with Gasteiger partial charge in [0, 0.05) is 25.8 Å². The van der Waals surface area contributed by atoms with Gasteiger partial charge in [-0.15, -0.1) is 12.4 Å². The average molecular weight is 313 g/mol. The summed E-state index contributed by atoms with van der Waals surface area (Å²) in [5.41, 5.74) is 2.25. The third kappa shape index (κ3) is 4.99. The minimum atomic E-state index is -0.367. The Hall–Kier alpha value is -1.10. The normalized spacial score (nSPS) is 17.9. The predicted octanol–water partition coefficient (Wildman–Crippen LogP) is 2.40. The largest absolute Gasteiger partial charge is 0.366 e. The summed E-state index contributed by atoms with van der Waals surface area (Å²) in [5, 5.41) is 3.18. The van der Waals surface area contributed by atoms with E-state index in [0.717, 1.165) is 18.7 Å². The Labute approximate surface area is 133 Å². The third-order valence-corrected chi connectivity index (χ3v) is 3.68. The van der Waals surface area contributed by atoms with Gasteiger partial charge in [-0.3, -0.25) is 4.79 Å². The number of aryl methyl sites for hydroxylation is 1. The van der Waals surface area contributed by atoms with Gasteiger partial charge in [-0.2, -0.15) is 0 Å². The number of anilines is 1. The third-order valence-electron chi connectivity index (χ3n) is 3.68. The molecule has 0 radical (unpaired) electrons. The predicted molar refractivity (Wildman–Crippen MR) is 88.3 cm³/mol. The quantitative estimate of drug-likeness (QED) is 0.908. The highest BCUT2D eigenvalue weighted by Gasteiger charge is 2.25. The molecule has 0 saturated carbocycles. The number of hydrogen-bond donors (Lipinski definition) is 1. The first-order valence-electron chi connectivity index (χ1n) is 7.41. The van der Waals surface area contributed by atoms with Crippen molar-refractivity contribution in [3.8, 4) is 0 Å². The Morgan fingerprint density at radius 1 is 1.38 bits per heavy atom. The molecule has 1 heterocycles. The van der Waals surface area contributed by atoms with Gasteiger partial charge < -0.3 is 15.0 Å². The molecule has 0 spiro atoms. The lowest BCUT2D eigenvalue weighted by atomic mass is 10.1. The number of morpholine rings is 1. The number of unbranched alkanes of at least 4 members (excludes halogenated alkanes) is 1. The molecule has 1 unspecified atom stereocenters. The molecule has 1 aromatic rings. The van der Waals surface area contributed by atoms with Crippen molar-refractivity contribution in [1.82, 2.24) is 5.32 Å². The Morgan fingerprint density at radius 2 is 2.10 bits per heavy atom. The van der Waals surface area contributed by atoms with Crippen molar-refractivity contribution in [3.63, 3.8) is 0 Å². The molecular weight excluding hydrogens is 288 g/mol. The molecule has 4 nitrogen and oxygen atoms in total. The molecule has 2 rings (SSSR count). The van der Waals surface area contributed by atoms with Crippen molar-refractivity contribution in [3.05, 3.63) is 29.8 Å². The Balaban J connectivity index is 0.00000220. The van der Waals surface area contributed by atoms with E-state index in [1.54, 1.807) is 11.9 Å². The smallest absolute Gasteiger partial charge is 0.257 e. The lowest BCUT2D eigenvalue weighted by molar-refractivity contribution is -0.131. The van der Waals surface area contributed by atoms with E-state index in [9.17, 15) is 4.79 Å². The summed E-state index contributed by atoms with van der Waals surface area (Å²) < 4.78 is 5.51. The SMILES string of the molecule is CCCCc1ccc(N(C)C(=O)C2CNCCO2)cc1.Cl. The first-order chi connectivity index (χ1) is 9.72. The second-order valence-electron chi connectivity index (χ2n) is 5.23. The molecule has 1 amide bonds. The van der Waals surface area contributed by atoms with Crippen LogP contribution >= 0.6 is 12.4 Å². The summed E-state index contributed by atoms with van der Waals surface area (Å²) in [7, 11) is 1.81. The van der Waals surface area contributed by atoms with E-state index < -0.39 is 0 Å². The van der Waals surface area contributed by atoms with Crippen LogP contribution in [0.1, 0.15) is 25.3 Å². The number of nitrogens with zero attached hydrogens (tertiary/aromatic N) is 1. The van der Waals surface area contributed by atoms with E-state index in [1.807, 2.05) is 12.1 Å². The highest BCUT2D eigenvalue weighted by Crippen LogP contribution is 2.17. The van der Waals surface area contributed by atoms with Crippen LogP contribution in [0.25, 0.3) is 0 Å². The average Bonchev–Trinajstić information content (AvgIpc) is 2.53. The topological polar surface area (TPSA) is 41.6 Å². The fourth-order valence-corrected chi connectivity index (χ4v) is 2.33. The molecule has 0 bridgehead atoms. The highest BCUT2D eigenvalue weighted by atomic mass is 35.5. The summed E-state index contributed by atoms with van der Waals surface area (Å²) in [4.78, 5) is 14.0. The summed E-state index contributed by atoms with van der Waals surface area (Å²) in [6, 6.07) is 8.24. The fraction of sp³-hybridized carbons (Fsp3) is 0.562. The van der Waals surface area contributed by atoms with Gasteiger partial charge in [-0.05, 0) is 30.5 Å². The number of ether oxygens (including phenoxy) is 1. The molecule has 1 saturated heterocycles. The zero-order chi connectivity index (χ0) is 14.4. The first-order valence-corrected chi connectivity index (χ1v) is 7.41. The Kier molecular flexibility index (Phi) is 7.72. The molecule has 1 aromatic carbocycles. The number of hydrogen-bond acceptors (Lipinski definition) is 3. The lowest BCUT2D eigenvalue weighted by Gasteiger charge is -2.27. The van der Waals surface area contributed by atoms with Gasteiger partial charge in [0.15, 0.2) is 0 Å². The maximum Gasteiger partial charge on any atom is 0.257 e. The Bertz CT molecular complexity index is 430. The minimum absolute atomic E-state index is 0. The van der Waals surface area contributed by atoms with Crippen molar-refractivity contribution >= 4 is 24.0 Å². The lowest BCUT2D eigenvalue weighted by Crippen LogP contribution is -2.48. The molecule has 1 atom stereocenters. The maximum atomic E-state index is 12.3. The van der Waals surface area contributed by atoms with E-state index in [2.05, 4.69) is 24.4 Å². The van der Waals surface area contributed by atoms with Crippen molar-refractivity contribution in [2.75, 3.05) is 31.6 Å². The maximum absolute atomic E-state index is 12.3. The molecule has 21 heavy (non-hydrogen) atoms. The number of amides is 1. The first kappa shape index (κ1) is 18.0. The minimum Gasteiger partial charge on any atom is -0.366 e. The van der Waals surface area contributed by atoms with E-state index in [1.165, 1.54) is 18.4 Å². The second kappa shape index (κ2) is 9.03. The van der Waals surface area contributed by atoms with Crippen LogP contribution in [-0.4, -0.2) is 38.8 Å². The van der Waals surface area contributed by atoms with Crippen LogP contribution in [0.5, 0.6) is 0 Å². The number of carbonyl (C=O) groups excluding carboxylic acids is 1. The van der Waals surface area contributed by atoms with Crippen molar-refractivity contribution in [2.45, 2.75) is 32.3 Å². The van der Waals surface area contributed by atoms with Gasteiger partial charge in [-0.1, -0.05) is 25.5 Å². The summed E-state index contributed by atoms with van der Waals surface area (Å²) >= 11 is 0. The van der Waals surface area contributed by atoms with Crippen LogP contribution < -0.4 is 10.2 Å². The molecule has 1 fully saturated rings. The van der Waals surface area contributed by atoms with Gasteiger partial charge in [0.2, 0.25) is 0 Å². The molecular formula is C16H25ClN2O2. The molecule has 1 aliphatic rings. The van der Waals surface area contributed by atoms with Crippen LogP contribution in [0.4, 0.5) is 5.69 Å².